The van der Waals surface area contributed by atoms with E-state index in [1.165, 1.54) is 0 Å². The highest BCUT2D eigenvalue weighted by atomic mass is 35.5. The molecule has 2 aromatic rings. The molecule has 5 heteroatoms. The van der Waals surface area contributed by atoms with Gasteiger partial charge in [-0.15, -0.1) is 0 Å². The Morgan fingerprint density at radius 1 is 1.33 bits per heavy atom. The molecule has 0 unspecified atom stereocenters. The van der Waals surface area contributed by atoms with E-state index in [1.54, 1.807) is 6.20 Å². The monoisotopic (exact) mass is 298 g/mol. The van der Waals surface area contributed by atoms with Crippen LogP contribution in [0.15, 0.2) is 30.5 Å². The maximum atomic E-state index is 9.07. The van der Waals surface area contributed by atoms with Gasteiger partial charge in [-0.2, -0.15) is 5.26 Å². The first-order valence-electron chi connectivity index (χ1n) is 6.87. The van der Waals surface area contributed by atoms with E-state index >= 15 is 0 Å². The number of anilines is 1. The summed E-state index contributed by atoms with van der Waals surface area (Å²) in [6.07, 6.45) is 3.71. The quantitative estimate of drug-likeness (QED) is 0.872. The van der Waals surface area contributed by atoms with E-state index in [2.05, 4.69) is 21.4 Å². The smallest absolute Gasteiger partial charge is 0.222 e. The van der Waals surface area contributed by atoms with Crippen molar-refractivity contribution >= 4 is 17.3 Å². The first kappa shape index (κ1) is 13.8. The Balaban J connectivity index is 1.75. The van der Waals surface area contributed by atoms with Crippen molar-refractivity contribution in [1.82, 2.24) is 9.97 Å². The van der Waals surface area contributed by atoms with Crippen LogP contribution in [0.25, 0.3) is 11.3 Å². The van der Waals surface area contributed by atoms with Crippen LogP contribution in [-0.2, 0) is 0 Å². The van der Waals surface area contributed by atoms with Gasteiger partial charge in [0.05, 0.1) is 17.2 Å². The van der Waals surface area contributed by atoms with Crippen molar-refractivity contribution in [1.29, 1.82) is 5.26 Å². The van der Waals surface area contributed by atoms with Gasteiger partial charge >= 0.3 is 0 Å². The normalized spacial score (nSPS) is 15.3. The zero-order valence-corrected chi connectivity index (χ0v) is 12.5. The molecule has 4 nitrogen and oxygen atoms in total. The van der Waals surface area contributed by atoms with E-state index in [9.17, 15) is 0 Å². The fourth-order valence-electron chi connectivity index (χ4n) is 2.21. The summed E-state index contributed by atoms with van der Waals surface area (Å²) in [5.74, 6) is 0. The molecular weight excluding hydrogens is 284 g/mol. The largest absolute Gasteiger partial charge is 0.383 e. The average molecular weight is 299 g/mol. The molecule has 1 N–H and O–H groups in total. The third-order valence-electron chi connectivity index (χ3n) is 3.82. The Labute approximate surface area is 128 Å². The first-order valence-corrected chi connectivity index (χ1v) is 7.24. The van der Waals surface area contributed by atoms with Gasteiger partial charge in [-0.3, -0.25) is 0 Å². The van der Waals surface area contributed by atoms with E-state index in [-0.39, 0.29) is 10.7 Å². The van der Waals surface area contributed by atoms with Gasteiger partial charge < -0.3 is 5.32 Å². The van der Waals surface area contributed by atoms with Gasteiger partial charge in [0.15, 0.2) is 0 Å². The van der Waals surface area contributed by atoms with Gasteiger partial charge in [-0.05, 0) is 49.1 Å². The second kappa shape index (κ2) is 5.34. The van der Waals surface area contributed by atoms with Crippen molar-refractivity contribution in [2.24, 2.45) is 5.41 Å². The Kier molecular flexibility index (Phi) is 3.52. The van der Waals surface area contributed by atoms with Gasteiger partial charge in [-0.1, -0.05) is 12.1 Å². The lowest BCUT2D eigenvalue weighted by atomic mass is 10.1. The highest BCUT2D eigenvalue weighted by Crippen LogP contribution is 2.44. The van der Waals surface area contributed by atoms with Crippen molar-refractivity contribution in [3.8, 4) is 17.3 Å². The molecule has 0 bridgehead atoms. The van der Waals surface area contributed by atoms with Crippen molar-refractivity contribution in [3.63, 3.8) is 0 Å². The van der Waals surface area contributed by atoms with E-state index in [0.29, 0.717) is 6.54 Å². The van der Waals surface area contributed by atoms with Crippen LogP contribution in [0.1, 0.15) is 18.4 Å². The molecule has 0 saturated heterocycles. The molecule has 1 aliphatic rings. The molecule has 106 valence electrons. The van der Waals surface area contributed by atoms with Crippen LogP contribution in [0.5, 0.6) is 0 Å². The third kappa shape index (κ3) is 2.98. The Hall–Kier alpha value is -2.12. The molecule has 1 aliphatic carbocycles. The minimum Gasteiger partial charge on any atom is -0.383 e. The predicted octanol–water partition coefficient (Wildman–Crippen LogP) is 3.82. The van der Waals surface area contributed by atoms with Gasteiger partial charge in [0.25, 0.3) is 0 Å². The van der Waals surface area contributed by atoms with Gasteiger partial charge in [0.1, 0.15) is 0 Å². The lowest BCUT2D eigenvalue weighted by molar-refractivity contribution is 0.711. The number of nitrogens with one attached hydrogen (secondary N) is 1. The molecule has 1 aromatic carbocycles. The molecule has 0 spiro atoms. The van der Waals surface area contributed by atoms with Crippen molar-refractivity contribution in [2.75, 3.05) is 11.9 Å². The summed E-state index contributed by atoms with van der Waals surface area (Å²) in [4.78, 5) is 8.24. The molecule has 0 radical (unpaired) electrons. The molecule has 0 atom stereocenters. The molecule has 1 heterocycles. The summed E-state index contributed by atoms with van der Waals surface area (Å²) in [5.41, 5.74) is 3.70. The van der Waals surface area contributed by atoms with E-state index < -0.39 is 0 Å². The second-order valence-electron chi connectivity index (χ2n) is 5.49. The molecule has 21 heavy (non-hydrogen) atoms. The van der Waals surface area contributed by atoms with Crippen LogP contribution in [0.2, 0.25) is 5.28 Å². The third-order valence-corrected chi connectivity index (χ3v) is 4.00. The number of aromatic nitrogens is 2. The van der Waals surface area contributed by atoms with E-state index in [4.69, 9.17) is 16.9 Å². The van der Waals surface area contributed by atoms with Crippen LogP contribution in [0.4, 0.5) is 5.69 Å². The fourth-order valence-corrected chi connectivity index (χ4v) is 2.34. The molecule has 1 fully saturated rings. The highest BCUT2D eigenvalue weighted by molar-refractivity contribution is 6.28. The van der Waals surface area contributed by atoms with Gasteiger partial charge in [-0.25, -0.2) is 9.97 Å². The number of nitriles is 1. The van der Waals surface area contributed by atoms with Crippen molar-refractivity contribution in [3.05, 3.63) is 41.3 Å². The minimum atomic E-state index is -0.143. The molecule has 3 rings (SSSR count). The molecular formula is C16H15ClN4. The minimum absolute atomic E-state index is 0.143. The lowest BCUT2D eigenvalue weighted by Crippen LogP contribution is -2.13. The first-order chi connectivity index (χ1) is 10.1. The molecule has 1 saturated carbocycles. The highest BCUT2D eigenvalue weighted by Gasteiger charge is 2.42. The number of nitrogens with zero attached hydrogens (tertiary/aromatic N) is 3. The standard InChI is InChI=1S/C16H15ClN4/c1-11-8-19-15(17)21-14(11)12-2-4-13(5-3-12)20-10-16(9-18)6-7-16/h2-5,8,20H,6-7,10H2,1H3. The number of hydrogen-bond donors (Lipinski definition) is 1. The van der Waals surface area contributed by atoms with Crippen LogP contribution < -0.4 is 5.32 Å². The van der Waals surface area contributed by atoms with E-state index in [1.807, 2.05) is 31.2 Å². The van der Waals surface area contributed by atoms with Crippen molar-refractivity contribution in [2.45, 2.75) is 19.8 Å². The van der Waals surface area contributed by atoms with Crippen LogP contribution in [0, 0.1) is 23.7 Å². The Morgan fingerprint density at radius 2 is 2.05 bits per heavy atom. The topological polar surface area (TPSA) is 61.6 Å². The lowest BCUT2D eigenvalue weighted by Gasteiger charge is -2.10. The maximum Gasteiger partial charge on any atom is 0.222 e. The van der Waals surface area contributed by atoms with Gasteiger partial charge in [0, 0.05) is 24.0 Å². The molecule has 0 amide bonds. The zero-order valence-electron chi connectivity index (χ0n) is 11.7. The molecule has 1 aromatic heterocycles. The summed E-state index contributed by atoms with van der Waals surface area (Å²) in [6, 6.07) is 10.4. The maximum absolute atomic E-state index is 9.07. The SMILES string of the molecule is Cc1cnc(Cl)nc1-c1ccc(NCC2(C#N)CC2)cc1. The average Bonchev–Trinajstić information content (AvgIpc) is 3.29. The summed E-state index contributed by atoms with van der Waals surface area (Å²) >= 11 is 5.86. The second-order valence-corrected chi connectivity index (χ2v) is 5.83. The summed E-state index contributed by atoms with van der Waals surface area (Å²) < 4.78 is 0. The zero-order chi connectivity index (χ0) is 14.9. The number of hydrogen-bond acceptors (Lipinski definition) is 4. The Bertz CT molecular complexity index is 699. The van der Waals surface area contributed by atoms with Crippen LogP contribution in [0.3, 0.4) is 0 Å². The predicted molar refractivity (Wildman–Crippen MR) is 83.0 cm³/mol. The number of benzene rings is 1. The van der Waals surface area contributed by atoms with Crippen LogP contribution >= 0.6 is 11.6 Å². The summed E-state index contributed by atoms with van der Waals surface area (Å²) in [7, 11) is 0. The summed E-state index contributed by atoms with van der Waals surface area (Å²) in [6.45, 7) is 2.67. The Morgan fingerprint density at radius 3 is 2.67 bits per heavy atom. The van der Waals surface area contributed by atoms with Crippen molar-refractivity contribution < 1.29 is 0 Å². The van der Waals surface area contributed by atoms with E-state index in [0.717, 1.165) is 35.3 Å². The number of rotatable bonds is 4. The summed E-state index contributed by atoms with van der Waals surface area (Å²) in [5, 5.41) is 12.6. The van der Waals surface area contributed by atoms with Gasteiger partial charge in [0.2, 0.25) is 5.28 Å². The molecule has 0 aliphatic heterocycles. The number of aryl methyl sites for hydroxylation is 1. The fraction of sp³-hybridized carbons (Fsp3) is 0.312. The number of halogens is 1. The van der Waals surface area contributed by atoms with Crippen LogP contribution in [-0.4, -0.2) is 16.5 Å².